The summed E-state index contributed by atoms with van der Waals surface area (Å²) >= 11 is 1.37. The van der Waals surface area contributed by atoms with Crippen LogP contribution in [0.1, 0.15) is 48.5 Å². The molecule has 1 aliphatic rings. The number of hydrogen-bond acceptors (Lipinski definition) is 7. The third-order valence-corrected chi connectivity index (χ3v) is 7.66. The van der Waals surface area contributed by atoms with Gasteiger partial charge in [-0.15, -0.1) is 10.2 Å². The van der Waals surface area contributed by atoms with E-state index < -0.39 is 10.0 Å². The molecule has 0 atom stereocenters. The number of carbonyl (C=O) groups excluding carboxylic acids is 2. The van der Waals surface area contributed by atoms with Crippen molar-refractivity contribution in [1.82, 2.24) is 14.5 Å². The Morgan fingerprint density at radius 1 is 1.24 bits per heavy atom. The van der Waals surface area contributed by atoms with E-state index in [0.717, 1.165) is 17.8 Å². The summed E-state index contributed by atoms with van der Waals surface area (Å²) in [4.78, 5) is 24.2. The van der Waals surface area contributed by atoms with Crippen molar-refractivity contribution in [3.05, 3.63) is 34.8 Å². The molecule has 1 N–H and O–H groups in total. The molecule has 0 aliphatic carbocycles. The second-order valence-corrected chi connectivity index (χ2v) is 10.0. The average Bonchev–Trinajstić information content (AvgIpc) is 3.15. The van der Waals surface area contributed by atoms with Gasteiger partial charge in [0.2, 0.25) is 21.1 Å². The third kappa shape index (κ3) is 5.06. The predicted molar refractivity (Wildman–Crippen MR) is 110 cm³/mol. The van der Waals surface area contributed by atoms with Crippen LogP contribution in [-0.2, 0) is 21.2 Å². The number of amides is 1. The number of rotatable bonds is 7. The summed E-state index contributed by atoms with van der Waals surface area (Å²) in [5, 5.41) is 12.2. The highest BCUT2D eigenvalue weighted by Crippen LogP contribution is 2.26. The van der Waals surface area contributed by atoms with Gasteiger partial charge in [0.15, 0.2) is 5.78 Å². The Balaban J connectivity index is 1.61. The van der Waals surface area contributed by atoms with Crippen LogP contribution in [0.25, 0.3) is 0 Å². The minimum absolute atomic E-state index is 0.102. The van der Waals surface area contributed by atoms with E-state index in [-0.39, 0.29) is 35.6 Å². The predicted octanol–water partition coefficient (Wildman–Crippen LogP) is 2.73. The van der Waals surface area contributed by atoms with Crippen LogP contribution >= 0.6 is 11.3 Å². The molecule has 1 aromatic heterocycles. The van der Waals surface area contributed by atoms with Crippen LogP contribution in [0.2, 0.25) is 0 Å². The number of nitrogens with zero attached hydrogens (tertiary/aromatic N) is 3. The maximum atomic E-state index is 12.9. The number of anilines is 1. The lowest BCUT2D eigenvalue weighted by Gasteiger charge is -2.30. The molecule has 0 saturated carbocycles. The lowest BCUT2D eigenvalue weighted by Crippen LogP contribution is -2.41. The van der Waals surface area contributed by atoms with Crippen LogP contribution < -0.4 is 5.32 Å². The van der Waals surface area contributed by atoms with Crippen LogP contribution in [0.4, 0.5) is 5.13 Å². The molecule has 1 aliphatic heterocycles. The molecule has 2 heterocycles. The number of Topliss-reactive ketones (excluding diaryl/α,β-unsaturated/α-hetero) is 1. The molecule has 1 aromatic carbocycles. The number of aryl methyl sites for hydroxylation is 1. The number of hydrogen-bond donors (Lipinski definition) is 1. The van der Waals surface area contributed by atoms with Crippen molar-refractivity contribution in [3.63, 3.8) is 0 Å². The molecule has 10 heteroatoms. The van der Waals surface area contributed by atoms with Gasteiger partial charge in [-0.3, -0.25) is 9.59 Å². The van der Waals surface area contributed by atoms with E-state index in [2.05, 4.69) is 22.4 Å². The first kappa shape index (κ1) is 21.5. The number of sulfonamides is 1. The second-order valence-electron chi connectivity index (χ2n) is 7.00. The van der Waals surface area contributed by atoms with E-state index in [1.165, 1.54) is 34.7 Å². The number of nitrogens with one attached hydrogen (secondary N) is 1. The fourth-order valence-corrected chi connectivity index (χ4v) is 5.57. The van der Waals surface area contributed by atoms with Gasteiger partial charge in [0.25, 0.3) is 0 Å². The highest BCUT2D eigenvalue weighted by molar-refractivity contribution is 7.89. The molecule has 1 fully saturated rings. The molecule has 0 spiro atoms. The van der Waals surface area contributed by atoms with Crippen molar-refractivity contribution in [1.29, 1.82) is 0 Å². The molecule has 1 saturated heterocycles. The quantitative estimate of drug-likeness (QED) is 0.669. The molecule has 2 aromatic rings. The van der Waals surface area contributed by atoms with Crippen LogP contribution in [0.5, 0.6) is 0 Å². The number of ketones is 1. The smallest absolute Gasteiger partial charge is 0.243 e. The van der Waals surface area contributed by atoms with Gasteiger partial charge in [0.1, 0.15) is 5.01 Å². The minimum atomic E-state index is -3.70. The number of piperidine rings is 1. The Kier molecular flexibility index (Phi) is 6.76. The summed E-state index contributed by atoms with van der Waals surface area (Å²) in [5.74, 6) is -0.612. The lowest BCUT2D eigenvalue weighted by atomic mass is 9.97. The van der Waals surface area contributed by atoms with Crippen molar-refractivity contribution in [3.8, 4) is 0 Å². The summed E-state index contributed by atoms with van der Waals surface area (Å²) in [5.41, 5.74) is 0.361. The van der Waals surface area contributed by atoms with E-state index in [0.29, 0.717) is 23.5 Å². The van der Waals surface area contributed by atoms with Crippen LogP contribution in [0.15, 0.2) is 29.2 Å². The van der Waals surface area contributed by atoms with E-state index in [1.807, 2.05) is 0 Å². The van der Waals surface area contributed by atoms with Crippen LogP contribution in [0, 0.1) is 5.92 Å². The van der Waals surface area contributed by atoms with E-state index in [4.69, 9.17) is 0 Å². The van der Waals surface area contributed by atoms with Crippen molar-refractivity contribution in [2.45, 2.75) is 44.4 Å². The zero-order valence-corrected chi connectivity index (χ0v) is 18.1. The first-order chi connectivity index (χ1) is 13.8. The Hall–Kier alpha value is -2.17. The van der Waals surface area contributed by atoms with Crippen molar-refractivity contribution < 1.29 is 18.0 Å². The topological polar surface area (TPSA) is 109 Å². The Morgan fingerprint density at radius 3 is 2.62 bits per heavy atom. The molecule has 156 valence electrons. The van der Waals surface area contributed by atoms with Gasteiger partial charge in [-0.2, -0.15) is 4.31 Å². The Labute approximate surface area is 174 Å². The van der Waals surface area contributed by atoms with Crippen LogP contribution in [0.3, 0.4) is 0 Å². The highest BCUT2D eigenvalue weighted by atomic mass is 32.2. The summed E-state index contributed by atoms with van der Waals surface area (Å²) in [6.07, 6.45) is 2.65. The molecule has 0 bridgehead atoms. The maximum Gasteiger partial charge on any atom is 0.243 e. The SMILES string of the molecule is CCCc1nnc(NC(=O)C2CCN(S(=O)(=O)c3cccc(C(C)=O)c3)CC2)s1. The number of carbonyl (C=O) groups is 2. The van der Waals surface area contributed by atoms with Gasteiger partial charge in [-0.05, 0) is 38.3 Å². The van der Waals surface area contributed by atoms with Crippen molar-refractivity contribution in [2.75, 3.05) is 18.4 Å². The second kappa shape index (κ2) is 9.10. The fraction of sp³-hybridized carbons (Fsp3) is 0.474. The van der Waals surface area contributed by atoms with Gasteiger partial charge in [-0.1, -0.05) is 30.4 Å². The fourth-order valence-electron chi connectivity index (χ4n) is 3.21. The van der Waals surface area contributed by atoms with Crippen molar-refractivity contribution in [2.24, 2.45) is 5.92 Å². The standard InChI is InChI=1S/C19H24N4O4S2/c1-3-5-17-21-22-19(28-17)20-18(25)14-8-10-23(11-9-14)29(26,27)16-7-4-6-15(12-16)13(2)24/h4,6-7,12,14H,3,5,8-11H2,1-2H3,(H,20,22,25). The summed E-state index contributed by atoms with van der Waals surface area (Å²) < 4.78 is 27.2. The molecular weight excluding hydrogens is 412 g/mol. The molecule has 3 rings (SSSR count). The molecule has 0 radical (unpaired) electrons. The Morgan fingerprint density at radius 2 is 1.97 bits per heavy atom. The number of benzene rings is 1. The summed E-state index contributed by atoms with van der Waals surface area (Å²) in [7, 11) is -3.70. The highest BCUT2D eigenvalue weighted by Gasteiger charge is 2.32. The van der Waals surface area contributed by atoms with Gasteiger partial charge in [-0.25, -0.2) is 8.42 Å². The summed E-state index contributed by atoms with van der Waals surface area (Å²) in [6.45, 7) is 3.96. The van der Waals surface area contributed by atoms with E-state index >= 15 is 0 Å². The van der Waals surface area contributed by atoms with Crippen molar-refractivity contribution >= 4 is 38.2 Å². The van der Waals surface area contributed by atoms with Gasteiger partial charge < -0.3 is 5.32 Å². The van der Waals surface area contributed by atoms with Gasteiger partial charge >= 0.3 is 0 Å². The number of aromatic nitrogens is 2. The van der Waals surface area contributed by atoms with E-state index in [1.54, 1.807) is 12.1 Å². The van der Waals surface area contributed by atoms with Gasteiger partial charge in [0.05, 0.1) is 4.90 Å². The van der Waals surface area contributed by atoms with E-state index in [9.17, 15) is 18.0 Å². The average molecular weight is 437 g/mol. The molecule has 29 heavy (non-hydrogen) atoms. The van der Waals surface area contributed by atoms with Crippen LogP contribution in [-0.4, -0.2) is 47.7 Å². The first-order valence-corrected chi connectivity index (χ1v) is 11.8. The molecule has 1 amide bonds. The normalized spacial score (nSPS) is 15.9. The minimum Gasteiger partial charge on any atom is -0.300 e. The summed E-state index contributed by atoms with van der Waals surface area (Å²) in [6, 6.07) is 6.06. The third-order valence-electron chi connectivity index (χ3n) is 4.86. The Bertz CT molecular complexity index is 995. The monoisotopic (exact) mass is 436 g/mol. The maximum absolute atomic E-state index is 12.9. The zero-order valence-electron chi connectivity index (χ0n) is 16.4. The van der Waals surface area contributed by atoms with Gasteiger partial charge in [0, 0.05) is 31.0 Å². The molecule has 0 unspecified atom stereocenters. The molecular formula is C19H24N4O4S2. The largest absolute Gasteiger partial charge is 0.300 e. The lowest BCUT2D eigenvalue weighted by molar-refractivity contribution is -0.120. The zero-order chi connectivity index (χ0) is 21.0. The first-order valence-electron chi connectivity index (χ1n) is 9.55. The molecule has 8 nitrogen and oxygen atoms in total.